The summed E-state index contributed by atoms with van der Waals surface area (Å²) in [6.07, 6.45) is -0.871. The Morgan fingerprint density at radius 2 is 1.67 bits per heavy atom. The standard InChI is InChI=1S/C27H27NO7S/c1-16(2)26(31)34-15-19(35-27(32)17(3)4)14-28-24(29)11-12-33-18-9-10-23-21(13-18)25(30)20-7-5-6-8-22(20)36-23/h5-10,13,19H,1,3,11-12,14-15H2,2,4H3,(H,28,29). The van der Waals surface area contributed by atoms with Crippen LogP contribution in [0.15, 0.2) is 71.6 Å². The minimum atomic E-state index is -0.894. The number of nitrogens with one attached hydrogen (secondary N) is 1. The third kappa shape index (κ3) is 7.02. The summed E-state index contributed by atoms with van der Waals surface area (Å²) in [6, 6.07) is 12.7. The Bertz CT molecular complexity index is 1390. The van der Waals surface area contributed by atoms with Crippen LogP contribution in [-0.2, 0) is 23.9 Å². The van der Waals surface area contributed by atoms with Crippen LogP contribution in [0.25, 0.3) is 20.2 Å². The van der Waals surface area contributed by atoms with Crippen molar-refractivity contribution in [1.29, 1.82) is 0 Å². The number of carbonyl (C=O) groups is 3. The molecule has 0 spiro atoms. The number of ether oxygens (including phenoxy) is 3. The van der Waals surface area contributed by atoms with Gasteiger partial charge in [-0.1, -0.05) is 25.3 Å². The third-order valence-electron chi connectivity index (χ3n) is 5.04. The van der Waals surface area contributed by atoms with Crippen molar-refractivity contribution in [2.24, 2.45) is 0 Å². The summed E-state index contributed by atoms with van der Waals surface area (Å²) >= 11 is 1.53. The summed E-state index contributed by atoms with van der Waals surface area (Å²) in [7, 11) is 0. The van der Waals surface area contributed by atoms with Gasteiger partial charge in [-0.3, -0.25) is 9.59 Å². The van der Waals surface area contributed by atoms with Gasteiger partial charge in [-0.25, -0.2) is 9.59 Å². The maximum absolute atomic E-state index is 12.8. The second-order valence-electron chi connectivity index (χ2n) is 8.17. The van der Waals surface area contributed by atoms with Crippen LogP contribution in [0.4, 0.5) is 0 Å². The van der Waals surface area contributed by atoms with E-state index in [0.29, 0.717) is 16.5 Å². The minimum Gasteiger partial charge on any atom is -0.493 e. The average Bonchev–Trinajstić information content (AvgIpc) is 2.85. The Labute approximate surface area is 212 Å². The van der Waals surface area contributed by atoms with Crippen molar-refractivity contribution < 1.29 is 28.6 Å². The fraction of sp³-hybridized carbons (Fsp3) is 0.259. The van der Waals surface area contributed by atoms with Gasteiger partial charge in [0.05, 0.1) is 19.6 Å². The molecule has 0 saturated heterocycles. The van der Waals surface area contributed by atoms with E-state index in [4.69, 9.17) is 14.2 Å². The zero-order valence-corrected chi connectivity index (χ0v) is 20.9. The van der Waals surface area contributed by atoms with Gasteiger partial charge in [0.25, 0.3) is 0 Å². The van der Waals surface area contributed by atoms with Gasteiger partial charge in [-0.2, -0.15) is 0 Å². The molecule has 8 nitrogen and oxygen atoms in total. The summed E-state index contributed by atoms with van der Waals surface area (Å²) in [6.45, 7) is 9.76. The van der Waals surface area contributed by atoms with E-state index >= 15 is 0 Å². The summed E-state index contributed by atoms with van der Waals surface area (Å²) in [4.78, 5) is 48.6. The highest BCUT2D eigenvalue weighted by molar-refractivity contribution is 7.24. The Hall–Kier alpha value is -3.98. The largest absolute Gasteiger partial charge is 0.493 e. The van der Waals surface area contributed by atoms with Gasteiger partial charge in [0.15, 0.2) is 11.5 Å². The van der Waals surface area contributed by atoms with Gasteiger partial charge in [0.1, 0.15) is 12.4 Å². The highest BCUT2D eigenvalue weighted by Gasteiger charge is 2.19. The number of rotatable bonds is 11. The first-order chi connectivity index (χ1) is 17.2. The lowest BCUT2D eigenvalue weighted by Gasteiger charge is -2.18. The van der Waals surface area contributed by atoms with E-state index < -0.39 is 18.0 Å². The molecule has 188 valence electrons. The minimum absolute atomic E-state index is 0.0231. The summed E-state index contributed by atoms with van der Waals surface area (Å²) in [5, 5.41) is 3.85. The van der Waals surface area contributed by atoms with E-state index in [2.05, 4.69) is 18.5 Å². The van der Waals surface area contributed by atoms with E-state index in [1.54, 1.807) is 18.2 Å². The first-order valence-electron chi connectivity index (χ1n) is 11.2. The molecule has 0 bridgehead atoms. The Balaban J connectivity index is 1.55. The highest BCUT2D eigenvalue weighted by atomic mass is 32.1. The first kappa shape index (κ1) is 26.6. The Kier molecular flexibility index (Phi) is 8.97. The van der Waals surface area contributed by atoms with Gasteiger partial charge in [-0.15, -0.1) is 11.3 Å². The van der Waals surface area contributed by atoms with Crippen molar-refractivity contribution >= 4 is 49.4 Å². The van der Waals surface area contributed by atoms with Crippen LogP contribution >= 0.6 is 11.3 Å². The number of benzene rings is 2. The predicted molar refractivity (Wildman–Crippen MR) is 139 cm³/mol. The quantitative estimate of drug-likeness (QED) is 0.237. The van der Waals surface area contributed by atoms with Crippen LogP contribution in [0, 0.1) is 0 Å². The number of esters is 2. The lowest BCUT2D eigenvalue weighted by molar-refractivity contribution is -0.154. The number of amides is 1. The van der Waals surface area contributed by atoms with Gasteiger partial charge in [0.2, 0.25) is 5.91 Å². The lowest BCUT2D eigenvalue weighted by Crippen LogP contribution is -2.38. The fourth-order valence-electron chi connectivity index (χ4n) is 3.13. The predicted octanol–water partition coefficient (Wildman–Crippen LogP) is 3.91. The lowest BCUT2D eigenvalue weighted by atomic mass is 10.2. The molecule has 9 heteroatoms. The van der Waals surface area contributed by atoms with Crippen molar-refractivity contribution in [2.75, 3.05) is 19.8 Å². The van der Waals surface area contributed by atoms with Crippen molar-refractivity contribution in [3.63, 3.8) is 0 Å². The zero-order chi connectivity index (χ0) is 26.2. The summed E-state index contributed by atoms with van der Waals surface area (Å²) in [5.41, 5.74) is 0.314. The Morgan fingerprint density at radius 1 is 0.972 bits per heavy atom. The van der Waals surface area contributed by atoms with Crippen LogP contribution in [0.3, 0.4) is 0 Å². The van der Waals surface area contributed by atoms with Gasteiger partial charge < -0.3 is 19.5 Å². The molecule has 1 heterocycles. The van der Waals surface area contributed by atoms with E-state index in [1.807, 2.05) is 24.3 Å². The maximum atomic E-state index is 12.8. The molecule has 0 aliphatic heterocycles. The Morgan fingerprint density at radius 3 is 2.39 bits per heavy atom. The summed E-state index contributed by atoms with van der Waals surface area (Å²) in [5.74, 6) is -1.16. The molecule has 0 aliphatic carbocycles. The molecular weight excluding hydrogens is 482 g/mol. The van der Waals surface area contributed by atoms with Crippen LogP contribution in [0.1, 0.15) is 20.3 Å². The van der Waals surface area contributed by atoms with Crippen LogP contribution in [0.5, 0.6) is 5.75 Å². The van der Waals surface area contributed by atoms with Crippen molar-refractivity contribution in [2.45, 2.75) is 26.4 Å². The average molecular weight is 510 g/mol. The normalized spacial score (nSPS) is 11.5. The molecule has 3 aromatic rings. The number of hydrogen-bond acceptors (Lipinski definition) is 8. The molecule has 36 heavy (non-hydrogen) atoms. The third-order valence-corrected chi connectivity index (χ3v) is 6.19. The van der Waals surface area contributed by atoms with E-state index in [9.17, 15) is 19.2 Å². The molecule has 3 rings (SSSR count). The smallest absolute Gasteiger partial charge is 0.333 e. The number of hydrogen-bond donors (Lipinski definition) is 1. The molecule has 1 atom stereocenters. The van der Waals surface area contributed by atoms with E-state index in [-0.39, 0.29) is 48.7 Å². The number of fused-ring (bicyclic) bond motifs is 2. The SMILES string of the molecule is C=C(C)C(=O)OCC(CNC(=O)CCOc1ccc2sc3ccccc3c(=O)c2c1)OC(=O)C(=C)C. The number of carbonyl (C=O) groups excluding carboxylic acids is 3. The highest BCUT2D eigenvalue weighted by Crippen LogP contribution is 2.27. The molecule has 1 aromatic heterocycles. The van der Waals surface area contributed by atoms with Gasteiger partial charge in [0, 0.05) is 31.3 Å². The van der Waals surface area contributed by atoms with Crippen molar-refractivity contribution in [3.05, 3.63) is 77.0 Å². The summed E-state index contributed by atoms with van der Waals surface area (Å²) < 4.78 is 17.7. The van der Waals surface area contributed by atoms with Gasteiger partial charge >= 0.3 is 11.9 Å². The monoisotopic (exact) mass is 509 g/mol. The van der Waals surface area contributed by atoms with Crippen LogP contribution < -0.4 is 15.5 Å². The van der Waals surface area contributed by atoms with E-state index in [0.717, 1.165) is 9.40 Å². The second kappa shape index (κ2) is 12.1. The van der Waals surface area contributed by atoms with Crippen molar-refractivity contribution in [3.8, 4) is 5.75 Å². The van der Waals surface area contributed by atoms with Crippen LogP contribution in [0.2, 0.25) is 0 Å². The molecule has 0 radical (unpaired) electrons. The molecule has 0 aliphatic rings. The van der Waals surface area contributed by atoms with Crippen LogP contribution in [-0.4, -0.2) is 43.7 Å². The second-order valence-corrected chi connectivity index (χ2v) is 9.26. The van der Waals surface area contributed by atoms with Gasteiger partial charge in [-0.05, 0) is 44.2 Å². The molecule has 1 unspecified atom stereocenters. The van der Waals surface area contributed by atoms with E-state index in [1.165, 1.54) is 25.2 Å². The topological polar surface area (TPSA) is 108 Å². The molecule has 0 fully saturated rings. The molecular formula is C27H27NO7S. The zero-order valence-electron chi connectivity index (χ0n) is 20.1. The molecule has 1 N–H and O–H groups in total. The van der Waals surface area contributed by atoms with Crippen molar-refractivity contribution in [1.82, 2.24) is 5.32 Å². The molecule has 2 aromatic carbocycles. The molecule has 1 amide bonds. The fourth-order valence-corrected chi connectivity index (χ4v) is 4.18. The first-order valence-corrected chi connectivity index (χ1v) is 12.0. The maximum Gasteiger partial charge on any atom is 0.333 e. The molecule has 0 saturated carbocycles.